The predicted octanol–water partition coefficient (Wildman–Crippen LogP) is 3.75. The molecule has 4 rings (SSSR count). The minimum Gasteiger partial charge on any atom is -0.472 e. The van der Waals surface area contributed by atoms with E-state index in [0.717, 1.165) is 24.0 Å². The van der Waals surface area contributed by atoms with Crippen LogP contribution in [0.2, 0.25) is 0 Å². The SMILES string of the molecule is O=C(C=Cc1ccccc1)N1CCC(c2nnc(-c3ccoc3)o2)CC1. The van der Waals surface area contributed by atoms with Gasteiger partial charge in [0, 0.05) is 25.1 Å². The van der Waals surface area contributed by atoms with Gasteiger partial charge in [-0.2, -0.15) is 0 Å². The summed E-state index contributed by atoms with van der Waals surface area (Å²) in [4.78, 5) is 14.2. The van der Waals surface area contributed by atoms with Crippen LogP contribution in [0.1, 0.15) is 30.2 Å². The largest absolute Gasteiger partial charge is 0.472 e. The van der Waals surface area contributed by atoms with Gasteiger partial charge in [-0.15, -0.1) is 10.2 Å². The van der Waals surface area contributed by atoms with Crippen LogP contribution in [-0.4, -0.2) is 34.1 Å². The van der Waals surface area contributed by atoms with Gasteiger partial charge in [0.2, 0.25) is 11.8 Å². The van der Waals surface area contributed by atoms with Crippen molar-refractivity contribution < 1.29 is 13.6 Å². The van der Waals surface area contributed by atoms with Gasteiger partial charge in [-0.3, -0.25) is 4.79 Å². The molecule has 132 valence electrons. The first-order valence-electron chi connectivity index (χ1n) is 8.67. The summed E-state index contributed by atoms with van der Waals surface area (Å²) in [6, 6.07) is 11.6. The monoisotopic (exact) mass is 349 g/mol. The molecule has 26 heavy (non-hydrogen) atoms. The molecule has 0 atom stereocenters. The van der Waals surface area contributed by atoms with Gasteiger partial charge in [0.1, 0.15) is 6.26 Å². The molecule has 0 unspecified atom stereocenters. The van der Waals surface area contributed by atoms with E-state index >= 15 is 0 Å². The lowest BCUT2D eigenvalue weighted by molar-refractivity contribution is -0.127. The minimum atomic E-state index is 0.0388. The van der Waals surface area contributed by atoms with E-state index in [1.807, 2.05) is 41.3 Å². The Morgan fingerprint density at radius 1 is 1.12 bits per heavy atom. The molecule has 0 bridgehead atoms. The lowest BCUT2D eigenvalue weighted by atomic mass is 9.97. The topological polar surface area (TPSA) is 72.4 Å². The minimum absolute atomic E-state index is 0.0388. The summed E-state index contributed by atoms with van der Waals surface area (Å²) >= 11 is 0. The van der Waals surface area contributed by atoms with Crippen molar-refractivity contribution in [3.8, 4) is 11.5 Å². The molecule has 3 heterocycles. The predicted molar refractivity (Wildman–Crippen MR) is 96.0 cm³/mol. The maximum absolute atomic E-state index is 12.4. The molecule has 1 amide bonds. The zero-order valence-electron chi connectivity index (χ0n) is 14.2. The highest BCUT2D eigenvalue weighted by Crippen LogP contribution is 2.29. The van der Waals surface area contributed by atoms with Gasteiger partial charge in [0.25, 0.3) is 5.89 Å². The van der Waals surface area contributed by atoms with Crippen molar-refractivity contribution in [2.45, 2.75) is 18.8 Å². The highest BCUT2D eigenvalue weighted by molar-refractivity contribution is 5.91. The normalized spacial score (nSPS) is 15.6. The van der Waals surface area contributed by atoms with Crippen LogP contribution in [0.5, 0.6) is 0 Å². The van der Waals surface area contributed by atoms with E-state index in [2.05, 4.69) is 10.2 Å². The summed E-state index contributed by atoms with van der Waals surface area (Å²) in [7, 11) is 0. The molecule has 1 aliphatic rings. The fraction of sp³-hybridized carbons (Fsp3) is 0.250. The van der Waals surface area contributed by atoms with Crippen molar-refractivity contribution in [2.24, 2.45) is 0 Å². The number of carbonyl (C=O) groups excluding carboxylic acids is 1. The smallest absolute Gasteiger partial charge is 0.250 e. The first-order valence-corrected chi connectivity index (χ1v) is 8.67. The Morgan fingerprint density at radius 2 is 1.92 bits per heavy atom. The Balaban J connectivity index is 1.34. The van der Waals surface area contributed by atoms with Crippen LogP contribution < -0.4 is 0 Å². The van der Waals surface area contributed by atoms with Crippen LogP contribution in [0.15, 0.2) is 63.8 Å². The number of amides is 1. The van der Waals surface area contributed by atoms with Crippen molar-refractivity contribution in [3.05, 3.63) is 66.5 Å². The molecule has 2 aromatic heterocycles. The summed E-state index contributed by atoms with van der Waals surface area (Å²) in [5.74, 6) is 1.33. The summed E-state index contributed by atoms with van der Waals surface area (Å²) in [5, 5.41) is 8.25. The summed E-state index contributed by atoms with van der Waals surface area (Å²) in [6.07, 6.45) is 8.28. The second kappa shape index (κ2) is 7.39. The fourth-order valence-corrected chi connectivity index (χ4v) is 3.09. The summed E-state index contributed by atoms with van der Waals surface area (Å²) in [5.41, 5.74) is 1.80. The van der Waals surface area contributed by atoms with Crippen molar-refractivity contribution in [3.63, 3.8) is 0 Å². The van der Waals surface area contributed by atoms with Crippen LogP contribution in [0.3, 0.4) is 0 Å². The zero-order chi connectivity index (χ0) is 17.8. The van der Waals surface area contributed by atoms with Gasteiger partial charge in [-0.25, -0.2) is 0 Å². The highest BCUT2D eigenvalue weighted by atomic mass is 16.4. The van der Waals surface area contributed by atoms with Gasteiger partial charge >= 0.3 is 0 Å². The van der Waals surface area contributed by atoms with E-state index in [1.54, 1.807) is 24.7 Å². The number of furan rings is 1. The summed E-state index contributed by atoms with van der Waals surface area (Å²) < 4.78 is 10.8. The quantitative estimate of drug-likeness (QED) is 0.671. The third kappa shape index (κ3) is 3.59. The standard InChI is InChI=1S/C20H19N3O3/c24-18(7-6-15-4-2-1-3-5-15)23-11-8-16(9-12-23)19-21-22-20(26-19)17-10-13-25-14-17/h1-7,10,13-14,16H,8-9,11-12H2. The lowest BCUT2D eigenvalue weighted by Gasteiger charge is -2.29. The molecule has 3 aromatic rings. The Kier molecular flexibility index (Phi) is 4.64. The molecule has 0 aliphatic carbocycles. The molecule has 0 radical (unpaired) electrons. The Labute approximate surface area is 151 Å². The number of rotatable bonds is 4. The average Bonchev–Trinajstić information content (AvgIpc) is 3.38. The fourth-order valence-electron chi connectivity index (χ4n) is 3.09. The van der Waals surface area contributed by atoms with Crippen LogP contribution in [0.25, 0.3) is 17.5 Å². The zero-order valence-corrected chi connectivity index (χ0v) is 14.2. The maximum Gasteiger partial charge on any atom is 0.250 e. The second-order valence-electron chi connectivity index (χ2n) is 6.30. The molecule has 1 saturated heterocycles. The number of aromatic nitrogens is 2. The van der Waals surface area contributed by atoms with Crippen LogP contribution in [0.4, 0.5) is 0 Å². The number of nitrogens with zero attached hydrogens (tertiary/aromatic N) is 3. The molecular formula is C20H19N3O3. The van der Waals surface area contributed by atoms with Gasteiger partial charge in [-0.1, -0.05) is 30.3 Å². The first-order chi connectivity index (χ1) is 12.8. The summed E-state index contributed by atoms with van der Waals surface area (Å²) in [6.45, 7) is 1.37. The van der Waals surface area contributed by atoms with Crippen molar-refractivity contribution in [1.82, 2.24) is 15.1 Å². The number of likely N-dealkylation sites (tertiary alicyclic amines) is 1. The number of hydrogen-bond acceptors (Lipinski definition) is 5. The van der Waals surface area contributed by atoms with E-state index in [-0.39, 0.29) is 11.8 Å². The van der Waals surface area contributed by atoms with Crippen LogP contribution >= 0.6 is 0 Å². The van der Waals surface area contributed by atoms with E-state index in [1.165, 1.54) is 0 Å². The molecule has 6 nitrogen and oxygen atoms in total. The molecule has 0 N–H and O–H groups in total. The van der Waals surface area contributed by atoms with Gasteiger partial charge in [0.05, 0.1) is 11.8 Å². The highest BCUT2D eigenvalue weighted by Gasteiger charge is 2.26. The van der Waals surface area contributed by atoms with Crippen molar-refractivity contribution in [2.75, 3.05) is 13.1 Å². The number of carbonyl (C=O) groups is 1. The molecule has 1 aliphatic heterocycles. The van der Waals surface area contributed by atoms with E-state index in [9.17, 15) is 4.79 Å². The van der Waals surface area contributed by atoms with E-state index in [0.29, 0.717) is 24.9 Å². The molecule has 1 fully saturated rings. The molecule has 0 spiro atoms. The second-order valence-corrected chi connectivity index (χ2v) is 6.30. The molecule has 6 heteroatoms. The first kappa shape index (κ1) is 16.3. The maximum atomic E-state index is 12.4. The Hall–Kier alpha value is -3.15. The van der Waals surface area contributed by atoms with E-state index in [4.69, 9.17) is 8.83 Å². The molecule has 1 aromatic carbocycles. The third-order valence-electron chi connectivity index (χ3n) is 4.58. The molecule has 0 saturated carbocycles. The van der Waals surface area contributed by atoms with Crippen LogP contribution in [-0.2, 0) is 4.79 Å². The lowest BCUT2D eigenvalue weighted by Crippen LogP contribution is -2.36. The van der Waals surface area contributed by atoms with E-state index < -0.39 is 0 Å². The third-order valence-corrected chi connectivity index (χ3v) is 4.58. The van der Waals surface area contributed by atoms with Gasteiger partial charge in [0.15, 0.2) is 0 Å². The average molecular weight is 349 g/mol. The molecular weight excluding hydrogens is 330 g/mol. The number of hydrogen-bond donors (Lipinski definition) is 0. The van der Waals surface area contributed by atoms with Crippen molar-refractivity contribution in [1.29, 1.82) is 0 Å². The number of piperidine rings is 1. The van der Waals surface area contributed by atoms with Crippen LogP contribution in [0, 0.1) is 0 Å². The van der Waals surface area contributed by atoms with Gasteiger partial charge < -0.3 is 13.7 Å². The Morgan fingerprint density at radius 3 is 2.65 bits per heavy atom. The van der Waals surface area contributed by atoms with Crippen molar-refractivity contribution >= 4 is 12.0 Å². The van der Waals surface area contributed by atoms with Gasteiger partial charge in [-0.05, 0) is 30.5 Å². The Bertz CT molecular complexity index is 876. The number of benzene rings is 1.